The smallest absolute Gasteiger partial charge is 0.166 e. The van der Waals surface area contributed by atoms with Crippen LogP contribution in [-0.2, 0) is 0 Å². The van der Waals surface area contributed by atoms with Gasteiger partial charge in [0.2, 0.25) is 0 Å². The molecule has 7 aromatic carbocycles. The maximum Gasteiger partial charge on any atom is 0.166 e. The highest BCUT2D eigenvalue weighted by molar-refractivity contribution is 6.11. The van der Waals surface area contributed by atoms with E-state index in [2.05, 4.69) is 92.1 Å². The van der Waals surface area contributed by atoms with Crippen molar-refractivity contribution in [3.05, 3.63) is 180 Å². The van der Waals surface area contributed by atoms with Crippen molar-refractivity contribution in [1.82, 2.24) is 19.5 Å². The van der Waals surface area contributed by atoms with Crippen molar-refractivity contribution in [2.24, 2.45) is 0 Å². The van der Waals surface area contributed by atoms with Crippen molar-refractivity contribution in [2.45, 2.75) is 20.8 Å². The van der Waals surface area contributed by atoms with Gasteiger partial charge in [-0.15, -0.1) is 0 Å². The van der Waals surface area contributed by atoms with Crippen LogP contribution in [0.15, 0.2) is 158 Å². The van der Waals surface area contributed by atoms with Crippen molar-refractivity contribution >= 4 is 21.8 Å². The Labute approximate surface area is 307 Å². The van der Waals surface area contributed by atoms with Crippen LogP contribution >= 0.6 is 0 Å². The molecule has 0 saturated carbocycles. The lowest BCUT2D eigenvalue weighted by molar-refractivity contribution is 0.628. The zero-order valence-corrected chi connectivity index (χ0v) is 29.7. The zero-order valence-electron chi connectivity index (χ0n) is 29.7. The number of aromatic nitrogens is 4. The minimum absolute atomic E-state index is 0.281. The van der Waals surface area contributed by atoms with Crippen LogP contribution in [-0.4, -0.2) is 19.5 Å². The number of aryl methyl sites for hydroxylation is 3. The Morgan fingerprint density at radius 2 is 1.00 bits per heavy atom. The lowest BCUT2D eigenvalue weighted by atomic mass is 9.93. The van der Waals surface area contributed by atoms with Gasteiger partial charge in [-0.25, -0.2) is 19.3 Å². The van der Waals surface area contributed by atoms with Crippen LogP contribution in [0.2, 0.25) is 0 Å². The van der Waals surface area contributed by atoms with Crippen molar-refractivity contribution in [3.63, 3.8) is 0 Å². The molecule has 9 rings (SSSR count). The topological polar surface area (TPSA) is 43.6 Å². The molecule has 0 radical (unpaired) electrons. The fraction of sp³-hybridized carbons (Fsp3) is 0.0625. The predicted molar refractivity (Wildman–Crippen MR) is 216 cm³/mol. The van der Waals surface area contributed by atoms with Gasteiger partial charge in [-0.1, -0.05) is 121 Å². The van der Waals surface area contributed by atoms with Crippen LogP contribution in [0.3, 0.4) is 0 Å². The summed E-state index contributed by atoms with van der Waals surface area (Å²) in [5.74, 6) is 1.44. The Bertz CT molecular complexity index is 2740. The molecule has 254 valence electrons. The van der Waals surface area contributed by atoms with E-state index in [0.29, 0.717) is 17.5 Å². The van der Waals surface area contributed by atoms with Crippen LogP contribution in [0, 0.1) is 26.6 Å². The lowest BCUT2D eigenvalue weighted by Gasteiger charge is -2.17. The molecule has 0 spiro atoms. The van der Waals surface area contributed by atoms with Gasteiger partial charge in [0.1, 0.15) is 5.82 Å². The molecule has 0 bridgehead atoms. The first kappa shape index (κ1) is 32.2. The predicted octanol–water partition coefficient (Wildman–Crippen LogP) is 12.4. The first-order chi connectivity index (χ1) is 25.9. The second-order valence-electron chi connectivity index (χ2n) is 13.6. The van der Waals surface area contributed by atoms with E-state index in [4.69, 9.17) is 15.0 Å². The van der Waals surface area contributed by atoms with Crippen LogP contribution < -0.4 is 0 Å². The van der Waals surface area contributed by atoms with Gasteiger partial charge in [0.15, 0.2) is 17.5 Å². The molecular formula is C48H35FN4. The Hall–Kier alpha value is -6.72. The number of hydrogen-bond donors (Lipinski definition) is 0. The summed E-state index contributed by atoms with van der Waals surface area (Å²) in [6.45, 7) is 6.53. The summed E-state index contributed by atoms with van der Waals surface area (Å²) < 4.78 is 16.9. The van der Waals surface area contributed by atoms with E-state index in [1.54, 1.807) is 12.1 Å². The van der Waals surface area contributed by atoms with E-state index in [1.807, 2.05) is 72.8 Å². The number of rotatable bonds is 6. The highest BCUT2D eigenvalue weighted by Gasteiger charge is 2.21. The number of fused-ring (bicyclic) bond motifs is 3. The molecule has 4 nitrogen and oxygen atoms in total. The summed E-state index contributed by atoms with van der Waals surface area (Å²) in [5, 5.41) is 2.28. The number of halogens is 1. The molecule has 0 aliphatic heterocycles. The van der Waals surface area contributed by atoms with Gasteiger partial charge in [0.25, 0.3) is 0 Å². The van der Waals surface area contributed by atoms with Crippen LogP contribution in [0.1, 0.15) is 16.7 Å². The summed E-state index contributed by atoms with van der Waals surface area (Å²) in [7, 11) is 0. The third-order valence-corrected chi connectivity index (χ3v) is 9.98. The monoisotopic (exact) mass is 686 g/mol. The molecule has 2 aromatic heterocycles. The molecule has 2 heterocycles. The maximum atomic E-state index is 14.6. The molecule has 9 aromatic rings. The molecule has 0 saturated heterocycles. The molecule has 53 heavy (non-hydrogen) atoms. The van der Waals surface area contributed by atoms with Crippen LogP contribution in [0.25, 0.3) is 83.9 Å². The minimum atomic E-state index is -0.281. The fourth-order valence-electron chi connectivity index (χ4n) is 7.71. The average molecular weight is 687 g/mol. The Kier molecular flexibility index (Phi) is 7.97. The SMILES string of the molecule is Cc1cc(C)c(-c2ccc3c(c2)c2ccccc2n3-c2cc(-c3cccc(F)c3)ccc2-c2nc(-c3ccccc3)nc(-c3ccccc3)n2)c(C)c1. The van der Waals surface area contributed by atoms with E-state index in [-0.39, 0.29) is 5.82 Å². The van der Waals surface area contributed by atoms with E-state index >= 15 is 0 Å². The van der Waals surface area contributed by atoms with E-state index in [1.165, 1.54) is 33.9 Å². The molecule has 0 fully saturated rings. The molecule has 5 heteroatoms. The molecule has 0 aliphatic carbocycles. The van der Waals surface area contributed by atoms with Crippen molar-refractivity contribution < 1.29 is 4.39 Å². The number of benzene rings is 7. The summed E-state index contributed by atoms with van der Waals surface area (Å²) >= 11 is 0. The standard InChI is InChI=1S/C48H35FN4/c1-30-25-31(2)45(32(3)26-30)37-22-24-43-41(28-37)39-19-10-11-20-42(39)53(43)44-29-36(35-17-12-18-38(49)27-35)21-23-40(44)48-51-46(33-13-6-4-7-14-33)50-47(52-48)34-15-8-5-9-16-34/h4-29H,1-3H3. The maximum absolute atomic E-state index is 14.6. The van der Waals surface area contributed by atoms with E-state index < -0.39 is 0 Å². The molecular weight excluding hydrogens is 652 g/mol. The second kappa shape index (κ2) is 13.1. The van der Waals surface area contributed by atoms with E-state index in [0.717, 1.165) is 55.3 Å². The van der Waals surface area contributed by atoms with Crippen molar-refractivity contribution in [2.75, 3.05) is 0 Å². The zero-order chi connectivity index (χ0) is 36.1. The third-order valence-electron chi connectivity index (χ3n) is 9.98. The highest BCUT2D eigenvalue weighted by Crippen LogP contribution is 2.40. The quantitative estimate of drug-likeness (QED) is 0.175. The molecule has 0 unspecified atom stereocenters. The third kappa shape index (κ3) is 5.86. The van der Waals surface area contributed by atoms with Crippen molar-refractivity contribution in [3.8, 4) is 62.1 Å². The molecule has 0 atom stereocenters. The first-order valence-electron chi connectivity index (χ1n) is 17.8. The Morgan fingerprint density at radius 1 is 0.434 bits per heavy atom. The Balaban J connectivity index is 1.34. The summed E-state index contributed by atoms with van der Waals surface area (Å²) in [6, 6.07) is 52.8. The Morgan fingerprint density at radius 3 is 1.68 bits per heavy atom. The number of nitrogens with zero attached hydrogens (tertiary/aromatic N) is 4. The number of para-hydroxylation sites is 1. The summed E-state index contributed by atoms with van der Waals surface area (Å²) in [6.07, 6.45) is 0. The van der Waals surface area contributed by atoms with Gasteiger partial charge in [-0.2, -0.15) is 0 Å². The number of hydrogen-bond acceptors (Lipinski definition) is 3. The molecule has 0 amide bonds. The highest BCUT2D eigenvalue weighted by atomic mass is 19.1. The van der Waals surface area contributed by atoms with Gasteiger partial charge >= 0.3 is 0 Å². The van der Waals surface area contributed by atoms with E-state index in [9.17, 15) is 4.39 Å². The molecule has 0 aliphatic rings. The normalized spacial score (nSPS) is 11.4. The fourth-order valence-corrected chi connectivity index (χ4v) is 7.71. The van der Waals surface area contributed by atoms with Crippen molar-refractivity contribution in [1.29, 1.82) is 0 Å². The van der Waals surface area contributed by atoms with Gasteiger partial charge in [-0.05, 0) is 96.6 Å². The van der Waals surface area contributed by atoms with Gasteiger partial charge in [0.05, 0.1) is 16.7 Å². The minimum Gasteiger partial charge on any atom is -0.308 e. The summed E-state index contributed by atoms with van der Waals surface area (Å²) in [5.41, 5.74) is 13.5. The van der Waals surface area contributed by atoms with Gasteiger partial charge in [-0.3, -0.25) is 0 Å². The largest absolute Gasteiger partial charge is 0.308 e. The lowest BCUT2D eigenvalue weighted by Crippen LogP contribution is -2.04. The first-order valence-corrected chi connectivity index (χ1v) is 17.8. The van der Waals surface area contributed by atoms with Gasteiger partial charge in [0, 0.05) is 27.5 Å². The molecule has 0 N–H and O–H groups in total. The summed E-state index contributed by atoms with van der Waals surface area (Å²) in [4.78, 5) is 15.2. The van der Waals surface area contributed by atoms with Crippen LogP contribution in [0.4, 0.5) is 4.39 Å². The average Bonchev–Trinajstić information content (AvgIpc) is 3.51. The van der Waals surface area contributed by atoms with Crippen LogP contribution in [0.5, 0.6) is 0 Å². The second-order valence-corrected chi connectivity index (χ2v) is 13.6. The van der Waals surface area contributed by atoms with Gasteiger partial charge < -0.3 is 4.57 Å².